The number of H-pyrrole nitrogens is 1. The largest absolute Gasteiger partial charge is 0.481 e. The summed E-state index contributed by atoms with van der Waals surface area (Å²) in [6.07, 6.45) is 1.97. The van der Waals surface area contributed by atoms with Gasteiger partial charge in [0.25, 0.3) is 11.5 Å². The average molecular weight is 414 g/mol. The molecule has 7 heteroatoms. The molecule has 0 bridgehead atoms. The number of aliphatic carboxylic acids is 1. The Morgan fingerprint density at radius 1 is 1.10 bits per heavy atom. The van der Waals surface area contributed by atoms with Crippen LogP contribution in [-0.4, -0.2) is 32.2 Å². The standard InChI is InChI=1S/C22H18N4O.C2H4O2/c23-9-10-26-13-17(16-7-3-4-8-20(16)26)21-22(27)25-19-12-15-6-2-1-5-14(15)11-18(19)24-21;1-2(3)4/h1-8,11-13H,9-10,23H2,(H,25,27);1H3,(H,3,4). The van der Waals surface area contributed by atoms with Gasteiger partial charge in [-0.3, -0.25) is 9.59 Å². The number of hydrogen-bond acceptors (Lipinski definition) is 4. The van der Waals surface area contributed by atoms with E-state index in [1.807, 2.05) is 66.9 Å². The van der Waals surface area contributed by atoms with Crippen molar-refractivity contribution in [1.82, 2.24) is 14.5 Å². The van der Waals surface area contributed by atoms with Crippen molar-refractivity contribution in [1.29, 1.82) is 0 Å². The Hall–Kier alpha value is -3.97. The molecule has 31 heavy (non-hydrogen) atoms. The van der Waals surface area contributed by atoms with E-state index in [1.165, 1.54) is 0 Å². The maximum Gasteiger partial charge on any atom is 0.300 e. The van der Waals surface area contributed by atoms with E-state index >= 15 is 0 Å². The zero-order valence-corrected chi connectivity index (χ0v) is 17.0. The van der Waals surface area contributed by atoms with E-state index in [9.17, 15) is 4.79 Å². The maximum atomic E-state index is 12.8. The molecule has 2 aromatic heterocycles. The van der Waals surface area contributed by atoms with Crippen molar-refractivity contribution in [2.45, 2.75) is 13.5 Å². The lowest BCUT2D eigenvalue weighted by atomic mass is 10.1. The van der Waals surface area contributed by atoms with E-state index in [0.29, 0.717) is 18.8 Å². The van der Waals surface area contributed by atoms with Crippen LogP contribution >= 0.6 is 0 Å². The van der Waals surface area contributed by atoms with Crippen LogP contribution in [0.15, 0.2) is 71.7 Å². The summed E-state index contributed by atoms with van der Waals surface area (Å²) >= 11 is 0. The van der Waals surface area contributed by atoms with E-state index < -0.39 is 5.97 Å². The molecule has 0 saturated heterocycles. The number of rotatable bonds is 3. The van der Waals surface area contributed by atoms with Crippen LogP contribution in [0.4, 0.5) is 0 Å². The Balaban J connectivity index is 0.000000535. The van der Waals surface area contributed by atoms with Crippen molar-refractivity contribution in [3.8, 4) is 11.3 Å². The van der Waals surface area contributed by atoms with Crippen LogP contribution in [0, 0.1) is 0 Å². The second-order valence-corrected chi connectivity index (χ2v) is 7.19. The molecular formula is C24H22N4O3. The molecule has 156 valence electrons. The zero-order chi connectivity index (χ0) is 22.0. The number of hydrogen-bond donors (Lipinski definition) is 3. The predicted octanol–water partition coefficient (Wildman–Crippen LogP) is 3.75. The molecule has 2 heterocycles. The summed E-state index contributed by atoms with van der Waals surface area (Å²) in [6.45, 7) is 2.31. The number of nitrogens with two attached hydrogens (primary N) is 1. The highest BCUT2D eigenvalue weighted by atomic mass is 16.4. The second-order valence-electron chi connectivity index (χ2n) is 7.19. The van der Waals surface area contributed by atoms with Gasteiger partial charge < -0.3 is 20.4 Å². The number of para-hydroxylation sites is 1. The Labute approximate surface area is 177 Å². The fourth-order valence-corrected chi connectivity index (χ4v) is 3.72. The second kappa shape index (κ2) is 8.41. The summed E-state index contributed by atoms with van der Waals surface area (Å²) in [5.41, 5.74) is 9.40. The fraction of sp³-hybridized carbons (Fsp3) is 0.125. The minimum Gasteiger partial charge on any atom is -0.481 e. The lowest BCUT2D eigenvalue weighted by Gasteiger charge is -2.04. The first-order valence-corrected chi connectivity index (χ1v) is 9.88. The van der Waals surface area contributed by atoms with Gasteiger partial charge in [0.2, 0.25) is 0 Å². The third-order valence-electron chi connectivity index (χ3n) is 4.97. The molecule has 0 aliphatic carbocycles. The number of aromatic amines is 1. The van der Waals surface area contributed by atoms with E-state index in [1.54, 1.807) is 0 Å². The Morgan fingerprint density at radius 3 is 2.45 bits per heavy atom. The normalized spacial score (nSPS) is 10.9. The van der Waals surface area contributed by atoms with Gasteiger partial charge in [-0.2, -0.15) is 0 Å². The number of carbonyl (C=O) groups is 1. The van der Waals surface area contributed by atoms with Crippen LogP contribution in [-0.2, 0) is 11.3 Å². The smallest absolute Gasteiger partial charge is 0.300 e. The van der Waals surface area contributed by atoms with Gasteiger partial charge in [-0.25, -0.2) is 4.98 Å². The molecule has 5 rings (SSSR count). The van der Waals surface area contributed by atoms with Crippen LogP contribution < -0.4 is 11.3 Å². The first-order valence-electron chi connectivity index (χ1n) is 9.88. The summed E-state index contributed by atoms with van der Waals surface area (Å²) in [6, 6.07) is 20.1. The van der Waals surface area contributed by atoms with Crippen molar-refractivity contribution >= 4 is 38.7 Å². The van der Waals surface area contributed by atoms with Crippen LogP contribution in [0.1, 0.15) is 6.92 Å². The van der Waals surface area contributed by atoms with Gasteiger partial charge in [-0.05, 0) is 29.0 Å². The fourth-order valence-electron chi connectivity index (χ4n) is 3.72. The van der Waals surface area contributed by atoms with Crippen LogP contribution in [0.5, 0.6) is 0 Å². The maximum absolute atomic E-state index is 12.8. The summed E-state index contributed by atoms with van der Waals surface area (Å²) < 4.78 is 2.08. The molecule has 0 fully saturated rings. The third kappa shape index (κ3) is 4.04. The summed E-state index contributed by atoms with van der Waals surface area (Å²) in [7, 11) is 0. The van der Waals surface area contributed by atoms with Gasteiger partial charge in [0.1, 0.15) is 5.69 Å². The molecule has 5 aromatic rings. The van der Waals surface area contributed by atoms with Crippen molar-refractivity contribution < 1.29 is 9.90 Å². The number of carboxylic acid groups (broad SMARTS) is 1. The van der Waals surface area contributed by atoms with Gasteiger partial charge in [-0.15, -0.1) is 0 Å². The Bertz CT molecular complexity index is 1460. The number of carboxylic acids is 1. The van der Waals surface area contributed by atoms with Crippen molar-refractivity contribution in [3.63, 3.8) is 0 Å². The monoisotopic (exact) mass is 414 g/mol. The molecule has 7 nitrogen and oxygen atoms in total. The van der Waals surface area contributed by atoms with Gasteiger partial charge in [0, 0.05) is 42.7 Å². The molecule has 0 unspecified atom stereocenters. The highest BCUT2D eigenvalue weighted by Crippen LogP contribution is 2.29. The molecule has 0 radical (unpaired) electrons. The molecule has 0 amide bonds. The average Bonchev–Trinajstić information content (AvgIpc) is 3.10. The molecule has 0 aliphatic rings. The number of benzene rings is 3. The van der Waals surface area contributed by atoms with Gasteiger partial charge in [0.05, 0.1) is 11.0 Å². The first kappa shape index (κ1) is 20.3. The van der Waals surface area contributed by atoms with Crippen LogP contribution in [0.3, 0.4) is 0 Å². The van der Waals surface area contributed by atoms with Crippen molar-refractivity contribution in [2.75, 3.05) is 6.54 Å². The number of aromatic nitrogens is 3. The van der Waals surface area contributed by atoms with Crippen LogP contribution in [0.25, 0.3) is 44.0 Å². The molecule has 0 aliphatic heterocycles. The summed E-state index contributed by atoms with van der Waals surface area (Å²) in [5.74, 6) is -0.833. The predicted molar refractivity (Wildman–Crippen MR) is 123 cm³/mol. The van der Waals surface area contributed by atoms with Crippen molar-refractivity contribution in [2.24, 2.45) is 5.73 Å². The van der Waals surface area contributed by atoms with E-state index in [2.05, 4.69) is 9.55 Å². The quantitative estimate of drug-likeness (QED) is 0.389. The highest BCUT2D eigenvalue weighted by molar-refractivity contribution is 5.98. The zero-order valence-electron chi connectivity index (χ0n) is 17.0. The summed E-state index contributed by atoms with van der Waals surface area (Å²) in [4.78, 5) is 29.6. The Kier molecular flexibility index (Phi) is 5.51. The summed E-state index contributed by atoms with van der Waals surface area (Å²) in [5, 5.41) is 10.6. The lowest BCUT2D eigenvalue weighted by molar-refractivity contribution is -0.134. The van der Waals surface area contributed by atoms with Crippen LogP contribution in [0.2, 0.25) is 0 Å². The highest BCUT2D eigenvalue weighted by Gasteiger charge is 2.15. The van der Waals surface area contributed by atoms with E-state index in [-0.39, 0.29) is 5.56 Å². The minimum atomic E-state index is -0.833. The van der Waals surface area contributed by atoms with Gasteiger partial charge in [0.15, 0.2) is 0 Å². The lowest BCUT2D eigenvalue weighted by Crippen LogP contribution is -2.11. The van der Waals surface area contributed by atoms with Gasteiger partial charge in [-0.1, -0.05) is 42.5 Å². The molecule has 3 aromatic carbocycles. The molecule has 0 atom stereocenters. The first-order chi connectivity index (χ1) is 15.0. The molecule has 0 saturated carbocycles. The number of nitrogens with one attached hydrogen (secondary N) is 1. The third-order valence-corrected chi connectivity index (χ3v) is 4.97. The van der Waals surface area contributed by atoms with Crippen molar-refractivity contribution in [3.05, 3.63) is 77.2 Å². The number of fused-ring (bicyclic) bond motifs is 3. The topological polar surface area (TPSA) is 114 Å². The SMILES string of the molecule is CC(=O)O.NCCn1cc(-c2nc3cc4ccccc4cc3[nH]c2=O)c2ccccc21. The van der Waals surface area contributed by atoms with Gasteiger partial charge >= 0.3 is 0 Å². The molecule has 4 N–H and O–H groups in total. The van der Waals surface area contributed by atoms with E-state index in [4.69, 9.17) is 20.6 Å². The molecular weight excluding hydrogens is 392 g/mol. The minimum absolute atomic E-state index is 0.187. The molecule has 0 spiro atoms. The Morgan fingerprint density at radius 2 is 1.74 bits per heavy atom. The number of nitrogens with zero attached hydrogens (tertiary/aromatic N) is 2. The van der Waals surface area contributed by atoms with E-state index in [0.717, 1.165) is 45.2 Å².